The summed E-state index contributed by atoms with van der Waals surface area (Å²) in [5.74, 6) is 0.393. The second-order valence-electron chi connectivity index (χ2n) is 3.37. The number of hydrogen-bond acceptors (Lipinski definition) is 5. The largest absolute Gasteiger partial charge is 0.493 e. The Bertz CT molecular complexity index is 299. The Morgan fingerprint density at radius 3 is 3.29 bits per heavy atom. The van der Waals surface area contributed by atoms with Crippen molar-refractivity contribution in [1.82, 2.24) is 15.3 Å². The van der Waals surface area contributed by atoms with Crippen molar-refractivity contribution in [2.75, 3.05) is 18.4 Å². The van der Waals surface area contributed by atoms with Gasteiger partial charge in [-0.15, -0.1) is 0 Å². The van der Waals surface area contributed by atoms with Crippen LogP contribution in [0.1, 0.15) is 12.8 Å². The quantitative estimate of drug-likeness (QED) is 0.623. The predicted molar refractivity (Wildman–Crippen MR) is 52.0 cm³/mol. The minimum atomic E-state index is -0.0498. The molecule has 1 aliphatic rings. The summed E-state index contributed by atoms with van der Waals surface area (Å²) in [6.45, 7) is 1.99. The van der Waals surface area contributed by atoms with Gasteiger partial charge in [0, 0.05) is 18.7 Å². The van der Waals surface area contributed by atoms with Gasteiger partial charge in [-0.05, 0) is 19.4 Å². The lowest BCUT2D eigenvalue weighted by Crippen LogP contribution is -2.38. The molecule has 5 nitrogen and oxygen atoms in total. The maximum atomic E-state index is 9.10. The fourth-order valence-electron chi connectivity index (χ4n) is 1.54. The number of aromatic hydroxyl groups is 1. The third kappa shape index (κ3) is 2.32. The third-order valence-corrected chi connectivity index (χ3v) is 2.21. The van der Waals surface area contributed by atoms with Crippen molar-refractivity contribution in [3.8, 4) is 5.88 Å². The molecular weight excluding hydrogens is 180 g/mol. The highest BCUT2D eigenvalue weighted by molar-refractivity contribution is 5.28. The number of piperidine rings is 1. The van der Waals surface area contributed by atoms with Gasteiger partial charge >= 0.3 is 0 Å². The number of anilines is 1. The van der Waals surface area contributed by atoms with Crippen LogP contribution in [0.15, 0.2) is 6.07 Å². The zero-order valence-corrected chi connectivity index (χ0v) is 7.82. The smallest absolute Gasteiger partial charge is 0.226 e. The van der Waals surface area contributed by atoms with Gasteiger partial charge in [0.1, 0.15) is 0 Å². The molecule has 1 unspecified atom stereocenters. The van der Waals surface area contributed by atoms with Crippen molar-refractivity contribution in [2.24, 2.45) is 0 Å². The highest BCUT2D eigenvalue weighted by Crippen LogP contribution is 2.10. The van der Waals surface area contributed by atoms with Crippen molar-refractivity contribution >= 4 is 5.95 Å². The van der Waals surface area contributed by atoms with E-state index in [9.17, 15) is 0 Å². The average Bonchev–Trinajstić information content (AvgIpc) is 2.19. The normalized spacial score (nSPS) is 21.9. The number of aromatic nitrogens is 2. The predicted octanol–water partition coefficient (Wildman–Crippen LogP) is 0.146. The Hall–Kier alpha value is -1.36. The van der Waals surface area contributed by atoms with Crippen LogP contribution in [0, 0.1) is 6.20 Å². The molecule has 0 aliphatic carbocycles. The molecule has 14 heavy (non-hydrogen) atoms. The van der Waals surface area contributed by atoms with Crippen LogP contribution in [0.2, 0.25) is 0 Å². The van der Waals surface area contributed by atoms with Crippen LogP contribution < -0.4 is 10.6 Å². The van der Waals surface area contributed by atoms with Crippen LogP contribution in [0.25, 0.3) is 0 Å². The molecule has 0 saturated carbocycles. The van der Waals surface area contributed by atoms with Gasteiger partial charge in [-0.3, -0.25) is 0 Å². The summed E-state index contributed by atoms with van der Waals surface area (Å²) in [4.78, 5) is 7.74. The van der Waals surface area contributed by atoms with E-state index in [1.165, 1.54) is 6.07 Å². The van der Waals surface area contributed by atoms with E-state index in [2.05, 4.69) is 26.8 Å². The molecule has 75 valence electrons. The van der Waals surface area contributed by atoms with Crippen LogP contribution in [0.5, 0.6) is 5.88 Å². The van der Waals surface area contributed by atoms with E-state index in [-0.39, 0.29) is 5.88 Å². The summed E-state index contributed by atoms with van der Waals surface area (Å²) in [6.07, 6.45) is 4.83. The van der Waals surface area contributed by atoms with Gasteiger partial charge in [-0.1, -0.05) is 0 Å². The lowest BCUT2D eigenvalue weighted by atomic mass is 10.1. The van der Waals surface area contributed by atoms with Gasteiger partial charge in [0.2, 0.25) is 11.8 Å². The van der Waals surface area contributed by atoms with E-state index >= 15 is 0 Å². The second kappa shape index (κ2) is 4.23. The van der Waals surface area contributed by atoms with Crippen molar-refractivity contribution in [3.63, 3.8) is 0 Å². The molecule has 5 heteroatoms. The minimum absolute atomic E-state index is 0.0498. The fourth-order valence-corrected chi connectivity index (χ4v) is 1.54. The Morgan fingerprint density at radius 2 is 2.57 bits per heavy atom. The molecule has 0 spiro atoms. The van der Waals surface area contributed by atoms with E-state index in [1.807, 2.05) is 0 Å². The number of hydrogen-bond donors (Lipinski definition) is 3. The number of nitrogens with one attached hydrogen (secondary N) is 2. The summed E-state index contributed by atoms with van der Waals surface area (Å²) >= 11 is 0. The lowest BCUT2D eigenvalue weighted by Gasteiger charge is -2.23. The first-order valence-electron chi connectivity index (χ1n) is 4.76. The van der Waals surface area contributed by atoms with Crippen molar-refractivity contribution < 1.29 is 5.11 Å². The SMILES string of the molecule is Oc1c[c]nc(NC2CCCNC2)n1. The minimum Gasteiger partial charge on any atom is -0.493 e. The van der Waals surface area contributed by atoms with E-state index in [0.29, 0.717) is 12.0 Å². The molecule has 1 fully saturated rings. The van der Waals surface area contributed by atoms with Gasteiger partial charge in [-0.25, -0.2) is 4.98 Å². The monoisotopic (exact) mass is 193 g/mol. The summed E-state index contributed by atoms with van der Waals surface area (Å²) in [5, 5.41) is 15.5. The molecule has 1 aromatic rings. The van der Waals surface area contributed by atoms with Gasteiger partial charge in [-0.2, -0.15) is 4.98 Å². The van der Waals surface area contributed by atoms with Gasteiger partial charge in [0.05, 0.1) is 6.20 Å². The first-order valence-corrected chi connectivity index (χ1v) is 4.76. The molecule has 1 aromatic heterocycles. The van der Waals surface area contributed by atoms with Crippen LogP contribution in [-0.2, 0) is 0 Å². The molecule has 3 N–H and O–H groups in total. The molecule has 1 radical (unpaired) electrons. The summed E-state index contributed by atoms with van der Waals surface area (Å²) in [7, 11) is 0. The van der Waals surface area contributed by atoms with Crippen LogP contribution >= 0.6 is 0 Å². The van der Waals surface area contributed by atoms with E-state index in [4.69, 9.17) is 5.11 Å². The maximum absolute atomic E-state index is 9.10. The lowest BCUT2D eigenvalue weighted by molar-refractivity contribution is 0.449. The van der Waals surface area contributed by atoms with Crippen LogP contribution in [0.4, 0.5) is 5.95 Å². The van der Waals surface area contributed by atoms with Crippen molar-refractivity contribution in [1.29, 1.82) is 0 Å². The Kier molecular flexibility index (Phi) is 2.78. The van der Waals surface area contributed by atoms with Crippen LogP contribution in [-0.4, -0.2) is 34.2 Å². The molecule has 0 amide bonds. The summed E-state index contributed by atoms with van der Waals surface area (Å²) in [5.41, 5.74) is 0. The molecule has 1 atom stereocenters. The summed E-state index contributed by atoms with van der Waals surface area (Å²) in [6, 6.07) is 1.68. The molecule has 1 aliphatic heterocycles. The Balaban J connectivity index is 1.95. The van der Waals surface area contributed by atoms with E-state index in [1.54, 1.807) is 0 Å². The number of rotatable bonds is 2. The van der Waals surface area contributed by atoms with E-state index < -0.39 is 0 Å². The average molecular weight is 193 g/mol. The fraction of sp³-hybridized carbons (Fsp3) is 0.556. The van der Waals surface area contributed by atoms with Crippen molar-refractivity contribution in [3.05, 3.63) is 12.3 Å². The molecule has 2 heterocycles. The highest BCUT2D eigenvalue weighted by atomic mass is 16.3. The maximum Gasteiger partial charge on any atom is 0.226 e. The second-order valence-corrected chi connectivity index (χ2v) is 3.37. The van der Waals surface area contributed by atoms with E-state index in [0.717, 1.165) is 25.9 Å². The number of nitrogens with zero attached hydrogens (tertiary/aromatic N) is 2. The zero-order valence-electron chi connectivity index (χ0n) is 7.82. The Labute approximate surface area is 82.6 Å². The molecule has 1 saturated heterocycles. The van der Waals surface area contributed by atoms with Gasteiger partial charge in [0.25, 0.3) is 0 Å². The van der Waals surface area contributed by atoms with Crippen molar-refractivity contribution in [2.45, 2.75) is 18.9 Å². The molecular formula is C9H13N4O. The van der Waals surface area contributed by atoms with Gasteiger partial charge in [0.15, 0.2) is 0 Å². The standard InChI is InChI=1S/C9H13N4O/c14-8-3-5-11-9(13-8)12-7-2-1-4-10-6-7/h3,7,10H,1-2,4,6H2,(H2,11,12,13,14). The zero-order chi connectivity index (χ0) is 9.80. The van der Waals surface area contributed by atoms with Gasteiger partial charge < -0.3 is 15.7 Å². The first-order chi connectivity index (χ1) is 6.84. The van der Waals surface area contributed by atoms with Crippen LogP contribution in [0.3, 0.4) is 0 Å². The molecule has 2 rings (SSSR count). The third-order valence-electron chi connectivity index (χ3n) is 2.21. The molecule has 0 aromatic carbocycles. The molecule has 0 bridgehead atoms. The highest BCUT2D eigenvalue weighted by Gasteiger charge is 2.13. The Morgan fingerprint density at radius 1 is 1.64 bits per heavy atom. The summed E-state index contributed by atoms with van der Waals surface area (Å²) < 4.78 is 0. The first kappa shape index (κ1) is 9.21. The topological polar surface area (TPSA) is 70.1 Å².